The van der Waals surface area contributed by atoms with Crippen LogP contribution in [0.3, 0.4) is 0 Å². The van der Waals surface area contributed by atoms with Crippen molar-refractivity contribution in [1.29, 1.82) is 0 Å². The maximum atomic E-state index is 0. The van der Waals surface area contributed by atoms with Gasteiger partial charge in [-0.15, -0.1) is 0 Å². The van der Waals surface area contributed by atoms with E-state index < -0.39 is 0 Å². The molecule has 0 saturated heterocycles. The molecule has 0 bridgehead atoms. The molecular weight excluding hydrogens is 451 g/mol. The van der Waals surface area contributed by atoms with Crippen molar-refractivity contribution in [2.24, 2.45) is 0 Å². The van der Waals surface area contributed by atoms with E-state index in [1.54, 1.807) is 0 Å². The molecule has 36 valence electrons. The van der Waals surface area contributed by atoms with E-state index in [4.69, 9.17) is 0 Å². The summed E-state index contributed by atoms with van der Waals surface area (Å²) in [6, 6.07) is 0. The summed E-state index contributed by atoms with van der Waals surface area (Å²) < 4.78 is 0. The van der Waals surface area contributed by atoms with Crippen molar-refractivity contribution < 1.29 is 39.4 Å². The van der Waals surface area contributed by atoms with E-state index in [9.17, 15) is 0 Å². The summed E-state index contributed by atoms with van der Waals surface area (Å²) >= 11 is 0. The zero-order valence-electron chi connectivity index (χ0n) is 1.31. The summed E-state index contributed by atoms with van der Waals surface area (Å²) in [4.78, 5) is 0. The van der Waals surface area contributed by atoms with E-state index in [1.165, 1.54) is 0 Å². The average Bonchev–Trinajstić information content (AvgIpc) is 0. The number of hydrogen-bond acceptors (Lipinski definition) is 0. The first kappa shape index (κ1) is 29.7. The minimum atomic E-state index is 0. The second kappa shape index (κ2) is 17.2. The van der Waals surface area contributed by atoms with Crippen LogP contribution in [0.1, 0.15) is 0 Å². The molecule has 0 N–H and O–H groups in total. The molecule has 0 fully saturated rings. The fourth-order valence-corrected chi connectivity index (χ4v) is 0. The van der Waals surface area contributed by atoms with Crippen molar-refractivity contribution >= 4 is 44.9 Å². The topological polar surface area (TPSA) is 0 Å². The molecule has 0 amide bonds. The Kier molecular flexibility index (Phi) is 128. The van der Waals surface area contributed by atoms with Crippen LogP contribution in [0.15, 0.2) is 0 Å². The summed E-state index contributed by atoms with van der Waals surface area (Å²) in [5.74, 6) is 0. The predicted molar refractivity (Wildman–Crippen MR) is 19.9 cm³/mol. The van der Waals surface area contributed by atoms with Crippen LogP contribution in [0.4, 0.5) is 0 Å². The van der Waals surface area contributed by atoms with Crippen LogP contribution in [0.25, 0.3) is 0 Å². The Balaban J connectivity index is 0. The standard InChI is InChI=1S/Ag.Cu.GeH4.Pb.2H/h;;1H4;;;. The van der Waals surface area contributed by atoms with E-state index in [-0.39, 0.29) is 84.3 Å². The summed E-state index contributed by atoms with van der Waals surface area (Å²) in [6.45, 7) is 0. The predicted octanol–water partition coefficient (Wildman–Crippen LogP) is -2.37. The number of hydrogen-bond donors (Lipinski definition) is 0. The molecule has 0 saturated carbocycles. The normalized spacial score (nSPS) is 0. The summed E-state index contributed by atoms with van der Waals surface area (Å²) in [5.41, 5.74) is 0. The molecule has 0 atom stereocenters. The second-order valence-electron chi connectivity index (χ2n) is 0. The molecule has 0 aromatic carbocycles. The Morgan fingerprint density at radius 2 is 1.00 bits per heavy atom. The van der Waals surface area contributed by atoms with Crippen LogP contribution in [0, 0.1) is 0 Å². The fraction of sp³-hybridized carbons (Fsp3) is 0. The van der Waals surface area contributed by atoms with Gasteiger partial charge in [0.2, 0.25) is 0 Å². The second-order valence-corrected chi connectivity index (χ2v) is 0. The third-order valence-electron chi connectivity index (χ3n) is 0. The molecule has 4 radical (unpaired) electrons. The molecule has 0 aliphatic heterocycles. The Labute approximate surface area is 83.0 Å². The Morgan fingerprint density at radius 1 is 1.00 bits per heavy atom. The Hall–Kier alpha value is 2.72. The molecule has 4 heavy (non-hydrogen) atoms. The monoisotopic (exact) mass is 458 g/mol. The fourth-order valence-electron chi connectivity index (χ4n) is 0. The van der Waals surface area contributed by atoms with Gasteiger partial charge in [-0.1, -0.05) is 0 Å². The minimum absolute atomic E-state index is 0. The molecule has 0 aromatic rings. The molecule has 0 spiro atoms. The van der Waals surface area contributed by atoms with Gasteiger partial charge in [0.05, 0.1) is 0 Å². The third kappa shape index (κ3) is 8.83. The SMILES string of the molecule is [Ag].[Cu].[GeH4].[PbH2]. The molecule has 0 aromatic heterocycles. The van der Waals surface area contributed by atoms with Gasteiger partial charge in [-0.3, -0.25) is 0 Å². The molecule has 0 aliphatic carbocycles. The van der Waals surface area contributed by atoms with Crippen molar-refractivity contribution in [2.75, 3.05) is 0 Å². The maximum absolute atomic E-state index is 0. The van der Waals surface area contributed by atoms with Gasteiger partial charge in [-0.25, -0.2) is 0 Å². The van der Waals surface area contributed by atoms with Gasteiger partial charge in [-0.2, -0.15) is 0 Å². The van der Waals surface area contributed by atoms with E-state index in [0.29, 0.717) is 0 Å². The summed E-state index contributed by atoms with van der Waals surface area (Å²) in [6.07, 6.45) is 0. The Morgan fingerprint density at radius 3 is 1.00 bits per heavy atom. The van der Waals surface area contributed by atoms with E-state index in [1.807, 2.05) is 0 Å². The molecule has 0 aliphatic rings. The summed E-state index contributed by atoms with van der Waals surface area (Å²) in [5, 5.41) is 0. The number of rotatable bonds is 0. The third-order valence-corrected chi connectivity index (χ3v) is 0. The zero-order chi connectivity index (χ0) is 0. The first-order valence-electron chi connectivity index (χ1n) is 0. The van der Waals surface area contributed by atoms with Crippen LogP contribution in [-0.4, -0.2) is 44.9 Å². The van der Waals surface area contributed by atoms with Gasteiger partial charge in [0, 0.05) is 39.4 Å². The van der Waals surface area contributed by atoms with Gasteiger partial charge >= 0.3 is 44.9 Å². The van der Waals surface area contributed by atoms with Crippen LogP contribution in [-0.2, 0) is 39.4 Å². The van der Waals surface area contributed by atoms with Crippen LogP contribution < -0.4 is 0 Å². The van der Waals surface area contributed by atoms with Crippen molar-refractivity contribution in [3.8, 4) is 0 Å². The van der Waals surface area contributed by atoms with Crippen LogP contribution in [0.5, 0.6) is 0 Å². The zero-order valence-corrected chi connectivity index (χ0v) is 9.23. The van der Waals surface area contributed by atoms with Gasteiger partial charge in [-0.05, 0) is 0 Å². The first-order chi connectivity index (χ1) is 0. The molecule has 0 unspecified atom stereocenters. The van der Waals surface area contributed by atoms with Gasteiger partial charge in [0.15, 0.2) is 0 Å². The quantitative estimate of drug-likeness (QED) is 0.357. The van der Waals surface area contributed by atoms with Crippen molar-refractivity contribution in [2.45, 2.75) is 0 Å². The summed E-state index contributed by atoms with van der Waals surface area (Å²) in [7, 11) is 0. The molecule has 4 heteroatoms. The molecule has 0 nitrogen and oxygen atoms in total. The van der Waals surface area contributed by atoms with Crippen LogP contribution in [0.2, 0.25) is 0 Å². The van der Waals surface area contributed by atoms with Crippen molar-refractivity contribution in [3.63, 3.8) is 0 Å². The Bertz CT molecular complexity index is 8.00. The van der Waals surface area contributed by atoms with Gasteiger partial charge < -0.3 is 0 Å². The van der Waals surface area contributed by atoms with E-state index in [0.717, 1.165) is 0 Å². The first-order valence-corrected chi connectivity index (χ1v) is 0. The van der Waals surface area contributed by atoms with Crippen molar-refractivity contribution in [3.05, 3.63) is 0 Å². The molecule has 0 rings (SSSR count). The van der Waals surface area contributed by atoms with Crippen molar-refractivity contribution in [1.82, 2.24) is 0 Å². The van der Waals surface area contributed by atoms with E-state index in [2.05, 4.69) is 0 Å². The van der Waals surface area contributed by atoms with Gasteiger partial charge in [0.1, 0.15) is 0 Å². The van der Waals surface area contributed by atoms with E-state index >= 15 is 0 Å². The van der Waals surface area contributed by atoms with Gasteiger partial charge in [0.25, 0.3) is 0 Å². The molecule has 0 heterocycles. The average molecular weight is 457 g/mol. The molecular formula is H6AgCuGePb. The van der Waals surface area contributed by atoms with Crippen LogP contribution >= 0.6 is 0 Å².